The number of aliphatic carboxylic acids is 1. The molecule has 2 N–H and O–H groups in total. The first-order valence-electron chi connectivity index (χ1n) is 5.52. The van der Waals surface area contributed by atoms with E-state index in [1.165, 1.54) is 0 Å². The number of hydrogen-bond acceptors (Lipinski definition) is 4. The summed E-state index contributed by atoms with van der Waals surface area (Å²) in [6.45, 7) is 1.71. The first kappa shape index (κ1) is 14.1. The van der Waals surface area contributed by atoms with E-state index in [1.807, 2.05) is 19.4 Å². The van der Waals surface area contributed by atoms with Crippen molar-refractivity contribution < 1.29 is 9.90 Å². The summed E-state index contributed by atoms with van der Waals surface area (Å²) in [5, 5.41) is 16.0. The van der Waals surface area contributed by atoms with E-state index in [4.69, 9.17) is 5.11 Å². The number of carbonyl (C=O) groups is 1. The lowest BCUT2D eigenvalue weighted by Gasteiger charge is -2.23. The number of likely N-dealkylation sites (N-methyl/N-ethyl adjacent to an activating group) is 1. The molecule has 1 aromatic rings. The molecular weight excluding hydrogens is 238 g/mol. The molecule has 17 heavy (non-hydrogen) atoms. The predicted octanol–water partition coefficient (Wildman–Crippen LogP) is 1.36. The van der Waals surface area contributed by atoms with Gasteiger partial charge in [-0.15, -0.1) is 11.8 Å². The zero-order valence-corrected chi connectivity index (χ0v) is 11.3. The van der Waals surface area contributed by atoms with E-state index in [-0.39, 0.29) is 0 Å². The minimum atomic E-state index is -0.824. The van der Waals surface area contributed by atoms with E-state index >= 15 is 0 Å². The highest BCUT2D eigenvalue weighted by Crippen LogP contribution is 2.20. The summed E-state index contributed by atoms with van der Waals surface area (Å²) in [6, 6.07) is 0. The number of nitrogens with one attached hydrogen (secondary N) is 1. The first-order valence-corrected chi connectivity index (χ1v) is 6.50. The lowest BCUT2D eigenvalue weighted by atomic mass is 9.97. The molecule has 0 spiro atoms. The van der Waals surface area contributed by atoms with E-state index in [1.54, 1.807) is 30.4 Å². The summed E-state index contributed by atoms with van der Waals surface area (Å²) < 4.78 is 1.76. The highest BCUT2D eigenvalue weighted by molar-refractivity contribution is 7.99. The highest BCUT2D eigenvalue weighted by atomic mass is 32.2. The fraction of sp³-hybridized carbons (Fsp3) is 0.636. The Balaban J connectivity index is 2.30. The van der Waals surface area contributed by atoms with Crippen LogP contribution in [0.1, 0.15) is 19.8 Å². The zero-order valence-electron chi connectivity index (χ0n) is 10.4. The molecular formula is C11H19N3O2S. The standard InChI is InChI=1S/C11H19N3O2S/c1-11(12-2,10(15)16)5-4-6-17-9-7-13-14(3)8-9/h7-8,12H,4-6H2,1-3H3,(H,15,16). The van der Waals surface area contributed by atoms with Crippen molar-refractivity contribution in [1.29, 1.82) is 0 Å². The number of aryl methyl sites for hydroxylation is 1. The largest absolute Gasteiger partial charge is 0.480 e. The van der Waals surface area contributed by atoms with Gasteiger partial charge in [-0.25, -0.2) is 0 Å². The maximum Gasteiger partial charge on any atom is 0.323 e. The molecule has 0 aliphatic carbocycles. The lowest BCUT2D eigenvalue weighted by Crippen LogP contribution is -2.47. The van der Waals surface area contributed by atoms with Crippen molar-refractivity contribution in [3.63, 3.8) is 0 Å². The van der Waals surface area contributed by atoms with Crippen LogP contribution in [0.25, 0.3) is 0 Å². The summed E-state index contributed by atoms with van der Waals surface area (Å²) >= 11 is 1.70. The third kappa shape index (κ3) is 4.05. The second kappa shape index (κ2) is 6.07. The van der Waals surface area contributed by atoms with Gasteiger partial charge in [0.05, 0.1) is 6.20 Å². The molecule has 0 aliphatic heterocycles. The van der Waals surface area contributed by atoms with Gasteiger partial charge in [-0.1, -0.05) is 0 Å². The summed E-state index contributed by atoms with van der Waals surface area (Å²) in [7, 11) is 3.56. The number of hydrogen-bond donors (Lipinski definition) is 2. The number of carboxylic acid groups (broad SMARTS) is 1. The smallest absolute Gasteiger partial charge is 0.323 e. The summed E-state index contributed by atoms with van der Waals surface area (Å²) in [6.07, 6.45) is 5.24. The second-order valence-electron chi connectivity index (χ2n) is 4.19. The molecule has 0 fully saturated rings. The maximum absolute atomic E-state index is 11.0. The van der Waals surface area contributed by atoms with E-state index < -0.39 is 11.5 Å². The average molecular weight is 257 g/mol. The van der Waals surface area contributed by atoms with Crippen molar-refractivity contribution in [3.8, 4) is 0 Å². The van der Waals surface area contributed by atoms with Gasteiger partial charge in [0.2, 0.25) is 0 Å². The summed E-state index contributed by atoms with van der Waals surface area (Å²) in [4.78, 5) is 12.2. The normalized spacial score (nSPS) is 14.5. The molecule has 0 bridgehead atoms. The van der Waals surface area contributed by atoms with Crippen molar-refractivity contribution in [3.05, 3.63) is 12.4 Å². The topological polar surface area (TPSA) is 67.2 Å². The molecule has 0 aromatic carbocycles. The Hall–Kier alpha value is -1.01. The van der Waals surface area contributed by atoms with E-state index in [0.29, 0.717) is 6.42 Å². The number of rotatable bonds is 7. The van der Waals surface area contributed by atoms with Gasteiger partial charge in [-0.2, -0.15) is 5.10 Å². The Kier molecular flexibility index (Phi) is 5.02. The fourth-order valence-electron chi connectivity index (χ4n) is 1.43. The average Bonchev–Trinajstić information content (AvgIpc) is 2.70. The van der Waals surface area contributed by atoms with Crippen LogP contribution in [-0.4, -0.2) is 39.2 Å². The maximum atomic E-state index is 11.0. The predicted molar refractivity (Wildman–Crippen MR) is 68.3 cm³/mol. The van der Waals surface area contributed by atoms with E-state index in [0.717, 1.165) is 17.1 Å². The van der Waals surface area contributed by atoms with Gasteiger partial charge in [0.1, 0.15) is 5.54 Å². The Morgan fingerprint density at radius 3 is 2.88 bits per heavy atom. The molecule has 6 heteroatoms. The third-order valence-electron chi connectivity index (χ3n) is 2.79. The van der Waals surface area contributed by atoms with Crippen LogP contribution in [0, 0.1) is 0 Å². The quantitative estimate of drug-likeness (QED) is 0.570. The van der Waals surface area contributed by atoms with Gasteiger partial charge in [0, 0.05) is 18.1 Å². The zero-order chi connectivity index (χ0) is 12.9. The molecule has 0 saturated heterocycles. The third-order valence-corrected chi connectivity index (χ3v) is 3.83. The highest BCUT2D eigenvalue weighted by Gasteiger charge is 2.30. The molecule has 5 nitrogen and oxygen atoms in total. The minimum Gasteiger partial charge on any atom is -0.480 e. The van der Waals surface area contributed by atoms with Gasteiger partial charge in [0.25, 0.3) is 0 Å². The molecule has 0 saturated carbocycles. The van der Waals surface area contributed by atoms with Gasteiger partial charge in [-0.3, -0.25) is 9.48 Å². The van der Waals surface area contributed by atoms with Crippen LogP contribution < -0.4 is 5.32 Å². The molecule has 1 unspecified atom stereocenters. The van der Waals surface area contributed by atoms with Crippen LogP contribution in [-0.2, 0) is 11.8 Å². The molecule has 0 amide bonds. The lowest BCUT2D eigenvalue weighted by molar-refractivity contribution is -0.144. The first-order chi connectivity index (χ1) is 7.98. The van der Waals surface area contributed by atoms with Crippen molar-refractivity contribution in [1.82, 2.24) is 15.1 Å². The number of thioether (sulfide) groups is 1. The van der Waals surface area contributed by atoms with Gasteiger partial charge in [-0.05, 0) is 32.6 Å². The second-order valence-corrected chi connectivity index (χ2v) is 5.36. The Labute approximate surface area is 106 Å². The van der Waals surface area contributed by atoms with Crippen LogP contribution >= 0.6 is 11.8 Å². The number of aromatic nitrogens is 2. The Bertz CT molecular complexity index is 381. The SMILES string of the molecule is CNC(C)(CCCSc1cnn(C)c1)C(=O)O. The Morgan fingerprint density at radius 2 is 2.41 bits per heavy atom. The number of nitrogens with zero attached hydrogens (tertiary/aromatic N) is 2. The van der Waals surface area contributed by atoms with E-state index in [9.17, 15) is 4.79 Å². The molecule has 1 aromatic heterocycles. The van der Waals surface area contributed by atoms with Crippen LogP contribution in [0.15, 0.2) is 17.3 Å². The van der Waals surface area contributed by atoms with Crippen LogP contribution in [0.2, 0.25) is 0 Å². The molecule has 96 valence electrons. The van der Waals surface area contributed by atoms with Crippen LogP contribution in [0.5, 0.6) is 0 Å². The van der Waals surface area contributed by atoms with Crippen molar-refractivity contribution >= 4 is 17.7 Å². The van der Waals surface area contributed by atoms with E-state index in [2.05, 4.69) is 10.4 Å². The summed E-state index contributed by atoms with van der Waals surface area (Å²) in [5.74, 6) is 0.0994. The molecule has 1 atom stereocenters. The van der Waals surface area contributed by atoms with Crippen molar-refractivity contribution in [2.24, 2.45) is 7.05 Å². The van der Waals surface area contributed by atoms with Gasteiger partial charge >= 0.3 is 5.97 Å². The van der Waals surface area contributed by atoms with Crippen molar-refractivity contribution in [2.75, 3.05) is 12.8 Å². The summed E-state index contributed by atoms with van der Waals surface area (Å²) in [5.41, 5.74) is -0.824. The van der Waals surface area contributed by atoms with Crippen LogP contribution in [0.3, 0.4) is 0 Å². The molecule has 1 heterocycles. The molecule has 1 rings (SSSR count). The molecule has 0 radical (unpaired) electrons. The fourth-order valence-corrected chi connectivity index (χ4v) is 2.30. The Morgan fingerprint density at radius 1 is 1.71 bits per heavy atom. The monoisotopic (exact) mass is 257 g/mol. The van der Waals surface area contributed by atoms with Gasteiger partial charge in [0.15, 0.2) is 0 Å². The minimum absolute atomic E-state index is 0.617. The number of carboxylic acids is 1. The van der Waals surface area contributed by atoms with Crippen molar-refractivity contribution in [2.45, 2.75) is 30.2 Å². The van der Waals surface area contributed by atoms with Crippen LogP contribution in [0.4, 0.5) is 0 Å². The van der Waals surface area contributed by atoms with Gasteiger partial charge < -0.3 is 10.4 Å². The molecule has 0 aliphatic rings.